The molecule has 52 valence electrons. The van der Waals surface area contributed by atoms with Crippen LogP contribution in [-0.4, -0.2) is 34.9 Å². The lowest BCUT2D eigenvalue weighted by Gasteiger charge is -2.14. The molecule has 1 saturated heterocycles. The molecule has 4 heteroatoms. The molecule has 1 rings (SSSR count). The van der Waals surface area contributed by atoms with E-state index in [-0.39, 0.29) is 13.0 Å². The first-order chi connectivity index (χ1) is 4.20. The zero-order valence-corrected chi connectivity index (χ0v) is 4.82. The number of aliphatic hydroxyl groups is 1. The summed E-state index contributed by atoms with van der Waals surface area (Å²) in [4.78, 5) is 10.1. The zero-order chi connectivity index (χ0) is 6.85. The van der Waals surface area contributed by atoms with E-state index >= 15 is 0 Å². The molecule has 0 amide bonds. The summed E-state index contributed by atoms with van der Waals surface area (Å²) in [5.41, 5.74) is 0. The highest BCUT2D eigenvalue weighted by atomic mass is 16.4. The fourth-order valence-corrected chi connectivity index (χ4v) is 0.835. The molecule has 9 heavy (non-hydrogen) atoms. The molecule has 0 bridgehead atoms. The molecule has 0 saturated carbocycles. The minimum Gasteiger partial charge on any atom is -0.648 e. The second kappa shape index (κ2) is 2.33. The van der Waals surface area contributed by atoms with Crippen LogP contribution in [0.1, 0.15) is 6.42 Å². The minimum atomic E-state index is -0.938. The molecule has 2 N–H and O–H groups in total. The zero-order valence-electron chi connectivity index (χ0n) is 4.82. The number of aliphatic hydroxyl groups excluding tert-OH is 1. The molecule has 1 heterocycles. The van der Waals surface area contributed by atoms with E-state index in [9.17, 15) is 4.79 Å². The van der Waals surface area contributed by atoms with Crippen LogP contribution >= 0.6 is 0 Å². The Hall–Kier alpha value is -0.610. The maximum atomic E-state index is 10.1. The second-order valence-corrected chi connectivity index (χ2v) is 2.11. The highest BCUT2D eigenvalue weighted by Gasteiger charge is 2.16. The minimum absolute atomic E-state index is 0.273. The number of carboxylic acids is 1. The van der Waals surface area contributed by atoms with E-state index in [1.54, 1.807) is 0 Å². The molecule has 0 aromatic heterocycles. The number of carbonyl (C=O) groups is 1. The summed E-state index contributed by atoms with van der Waals surface area (Å²) in [6.07, 6.45) is -0.263. The van der Waals surface area contributed by atoms with Crippen LogP contribution in [0.25, 0.3) is 5.32 Å². The summed E-state index contributed by atoms with van der Waals surface area (Å²) >= 11 is 0. The van der Waals surface area contributed by atoms with Gasteiger partial charge in [-0.1, -0.05) is 0 Å². The van der Waals surface area contributed by atoms with Gasteiger partial charge in [-0.05, 0) is 12.5 Å². The van der Waals surface area contributed by atoms with Crippen LogP contribution in [0, 0.1) is 0 Å². The lowest BCUT2D eigenvalue weighted by molar-refractivity contribution is -0.137. The van der Waals surface area contributed by atoms with E-state index in [2.05, 4.69) is 5.32 Å². The first kappa shape index (κ1) is 6.51. The van der Waals surface area contributed by atoms with E-state index < -0.39 is 18.1 Å². The number of rotatable bonds is 1. The predicted molar refractivity (Wildman–Crippen MR) is 30.3 cm³/mol. The van der Waals surface area contributed by atoms with Crippen molar-refractivity contribution in [1.29, 1.82) is 0 Å². The van der Waals surface area contributed by atoms with Crippen LogP contribution in [-0.2, 0) is 4.79 Å². The molecule has 0 spiro atoms. The van der Waals surface area contributed by atoms with Crippen molar-refractivity contribution in [3.63, 3.8) is 0 Å². The monoisotopic (exact) mass is 130 g/mol. The SMILES string of the molecule is O=C(O)[C@@H]1CC(O)C[N-]1. The normalized spacial score (nSPS) is 34.8. The molecule has 2 atom stereocenters. The summed E-state index contributed by atoms with van der Waals surface area (Å²) in [5.74, 6) is -0.938. The number of hydrogen-bond donors (Lipinski definition) is 2. The Morgan fingerprint density at radius 1 is 1.67 bits per heavy atom. The average Bonchev–Trinajstić information content (AvgIpc) is 2.14. The smallest absolute Gasteiger partial charge is 0.285 e. The van der Waals surface area contributed by atoms with Gasteiger partial charge in [0, 0.05) is 6.10 Å². The van der Waals surface area contributed by atoms with E-state index in [1.807, 2.05) is 0 Å². The van der Waals surface area contributed by atoms with E-state index in [4.69, 9.17) is 10.2 Å². The summed E-state index contributed by atoms with van der Waals surface area (Å²) in [6.45, 7) is 0.275. The highest BCUT2D eigenvalue weighted by Crippen LogP contribution is 2.18. The van der Waals surface area contributed by atoms with Crippen LogP contribution in [0.3, 0.4) is 0 Å². The van der Waals surface area contributed by atoms with Gasteiger partial charge in [0.25, 0.3) is 5.97 Å². The van der Waals surface area contributed by atoms with Crippen molar-refractivity contribution in [2.45, 2.75) is 18.6 Å². The van der Waals surface area contributed by atoms with Crippen LogP contribution in [0.15, 0.2) is 0 Å². The third-order valence-electron chi connectivity index (χ3n) is 1.32. The Morgan fingerprint density at radius 2 is 2.33 bits per heavy atom. The summed E-state index contributed by atoms with van der Waals surface area (Å²) in [5, 5.41) is 20.8. The van der Waals surface area contributed by atoms with Gasteiger partial charge >= 0.3 is 0 Å². The summed E-state index contributed by atoms with van der Waals surface area (Å²) in [6, 6.07) is -0.667. The van der Waals surface area contributed by atoms with E-state index in [0.717, 1.165) is 0 Å². The topological polar surface area (TPSA) is 71.6 Å². The van der Waals surface area contributed by atoms with Gasteiger partial charge in [-0.25, -0.2) is 0 Å². The van der Waals surface area contributed by atoms with E-state index in [0.29, 0.717) is 0 Å². The van der Waals surface area contributed by atoms with Gasteiger partial charge in [0.05, 0.1) is 0 Å². The Morgan fingerprint density at radius 3 is 2.56 bits per heavy atom. The first-order valence-corrected chi connectivity index (χ1v) is 2.77. The standard InChI is InChI=1S/C5H8NO3/c7-3-1-4(5(8)9)6-2-3/h3-4,7H,1-2H2,(H,8,9)/q-1/t3?,4-/m0/s1. The summed E-state index contributed by atoms with van der Waals surface area (Å²) < 4.78 is 0. The van der Waals surface area contributed by atoms with Crippen molar-refractivity contribution < 1.29 is 15.0 Å². The molecule has 0 aliphatic carbocycles. The van der Waals surface area contributed by atoms with Crippen LogP contribution in [0.2, 0.25) is 0 Å². The van der Waals surface area contributed by atoms with Crippen LogP contribution in [0.4, 0.5) is 0 Å². The van der Waals surface area contributed by atoms with Gasteiger partial charge in [-0.3, -0.25) is 4.79 Å². The number of nitrogens with zero attached hydrogens (tertiary/aromatic N) is 1. The quantitative estimate of drug-likeness (QED) is 0.506. The maximum absolute atomic E-state index is 10.1. The van der Waals surface area contributed by atoms with E-state index in [1.165, 1.54) is 0 Å². The molecule has 1 fully saturated rings. The van der Waals surface area contributed by atoms with Gasteiger partial charge in [0.15, 0.2) is 0 Å². The lowest BCUT2D eigenvalue weighted by atomic mass is 10.2. The fraction of sp³-hybridized carbons (Fsp3) is 0.800. The number of carboxylic acid groups (broad SMARTS) is 1. The van der Waals surface area contributed by atoms with Crippen molar-refractivity contribution in [2.75, 3.05) is 6.54 Å². The summed E-state index contributed by atoms with van der Waals surface area (Å²) in [7, 11) is 0. The molecular formula is C5H8NO3-. The lowest BCUT2D eigenvalue weighted by Crippen LogP contribution is -2.16. The van der Waals surface area contributed by atoms with Crippen molar-refractivity contribution in [3.8, 4) is 0 Å². The second-order valence-electron chi connectivity index (χ2n) is 2.11. The highest BCUT2D eigenvalue weighted by molar-refractivity contribution is 5.77. The maximum Gasteiger partial charge on any atom is 0.285 e. The molecule has 0 aromatic carbocycles. The third kappa shape index (κ3) is 1.40. The van der Waals surface area contributed by atoms with Gasteiger partial charge in [-0.2, -0.15) is 0 Å². The molecule has 1 unspecified atom stereocenters. The Bertz CT molecular complexity index is 125. The Labute approximate surface area is 52.5 Å². The first-order valence-electron chi connectivity index (χ1n) is 2.77. The van der Waals surface area contributed by atoms with Crippen molar-refractivity contribution in [2.24, 2.45) is 0 Å². The van der Waals surface area contributed by atoms with Gasteiger partial charge in [0.2, 0.25) is 0 Å². The van der Waals surface area contributed by atoms with Crippen molar-refractivity contribution in [1.82, 2.24) is 0 Å². The number of hydrogen-bond acceptors (Lipinski definition) is 2. The average molecular weight is 130 g/mol. The van der Waals surface area contributed by atoms with Gasteiger partial charge in [0.1, 0.15) is 0 Å². The van der Waals surface area contributed by atoms with Gasteiger partial charge in [-0.15, -0.1) is 6.54 Å². The van der Waals surface area contributed by atoms with Crippen LogP contribution in [0.5, 0.6) is 0 Å². The molecule has 4 nitrogen and oxygen atoms in total. The fourth-order valence-electron chi connectivity index (χ4n) is 0.835. The Balaban J connectivity index is 2.39. The van der Waals surface area contributed by atoms with Crippen LogP contribution < -0.4 is 0 Å². The largest absolute Gasteiger partial charge is 0.648 e. The molecule has 1 aliphatic rings. The van der Waals surface area contributed by atoms with Crippen molar-refractivity contribution >= 4 is 5.97 Å². The molecule has 1 aliphatic heterocycles. The Kier molecular flexibility index (Phi) is 1.68. The predicted octanol–water partition coefficient (Wildman–Crippen LogP) is -0.422. The third-order valence-corrected chi connectivity index (χ3v) is 1.32. The van der Waals surface area contributed by atoms with Gasteiger partial charge < -0.3 is 15.5 Å². The van der Waals surface area contributed by atoms with Crippen molar-refractivity contribution in [3.05, 3.63) is 5.32 Å². The molecule has 0 aromatic rings. The molecular weight excluding hydrogens is 122 g/mol. The number of aliphatic carboxylic acids is 1. The molecule has 0 radical (unpaired) electrons.